The molecule has 7 heteroatoms. The molecule has 1 N–H and O–H groups in total. The number of hydrogen-bond donors (Lipinski definition) is 1. The maximum absolute atomic E-state index is 12.4. The van der Waals surface area contributed by atoms with Crippen LogP contribution in [0.25, 0.3) is 0 Å². The van der Waals surface area contributed by atoms with Crippen LogP contribution in [-0.2, 0) is 14.8 Å². The molecule has 1 heterocycles. The number of rotatable bonds is 4. The molecule has 0 unspecified atom stereocenters. The summed E-state index contributed by atoms with van der Waals surface area (Å²) in [6.45, 7) is 1.74. The normalized spacial score (nSPS) is 17.6. The first kappa shape index (κ1) is 15.9. The van der Waals surface area contributed by atoms with Crippen molar-refractivity contribution in [2.24, 2.45) is 0 Å². The molecule has 0 radical (unpaired) electrons. The van der Waals surface area contributed by atoms with Gasteiger partial charge in [-0.3, -0.25) is 0 Å². The minimum Gasteiger partial charge on any atom is -0.465 e. The first-order valence-electron chi connectivity index (χ1n) is 6.81. The molecule has 1 aromatic carbocycles. The van der Waals surface area contributed by atoms with Gasteiger partial charge >= 0.3 is 5.97 Å². The highest BCUT2D eigenvalue weighted by atomic mass is 32.2. The van der Waals surface area contributed by atoms with Crippen molar-refractivity contribution in [1.29, 1.82) is 0 Å². The van der Waals surface area contributed by atoms with E-state index in [1.165, 1.54) is 31.4 Å². The molecule has 1 fully saturated rings. The highest BCUT2D eigenvalue weighted by molar-refractivity contribution is 7.89. The number of likely N-dealkylation sites (tertiary alicyclic amines) is 1. The fraction of sp³-hybridized carbons (Fsp3) is 0.500. The van der Waals surface area contributed by atoms with E-state index in [9.17, 15) is 13.2 Å². The van der Waals surface area contributed by atoms with Gasteiger partial charge in [0.2, 0.25) is 10.0 Å². The zero-order valence-corrected chi connectivity index (χ0v) is 13.0. The topological polar surface area (TPSA) is 75.7 Å². The fourth-order valence-electron chi connectivity index (χ4n) is 2.32. The summed E-state index contributed by atoms with van der Waals surface area (Å²) < 4.78 is 32.1. The zero-order valence-electron chi connectivity index (χ0n) is 12.2. The molecule has 2 rings (SSSR count). The van der Waals surface area contributed by atoms with Gasteiger partial charge in [-0.15, -0.1) is 0 Å². The Kier molecular flexibility index (Phi) is 4.97. The average molecular weight is 312 g/mol. The summed E-state index contributed by atoms with van der Waals surface area (Å²) in [5.41, 5.74) is 0.226. The van der Waals surface area contributed by atoms with Crippen molar-refractivity contribution < 1.29 is 17.9 Å². The molecule has 0 amide bonds. The summed E-state index contributed by atoms with van der Waals surface area (Å²) >= 11 is 0. The molecular weight excluding hydrogens is 292 g/mol. The lowest BCUT2D eigenvalue weighted by molar-refractivity contribution is 0.0600. The molecule has 116 valence electrons. The number of nitrogens with one attached hydrogen (secondary N) is 1. The summed E-state index contributed by atoms with van der Waals surface area (Å²) in [5.74, 6) is -0.550. The van der Waals surface area contributed by atoms with Crippen LogP contribution in [0.1, 0.15) is 23.2 Å². The van der Waals surface area contributed by atoms with Crippen LogP contribution in [-0.4, -0.2) is 52.6 Å². The van der Waals surface area contributed by atoms with Gasteiger partial charge in [0.1, 0.15) is 0 Å². The Hall–Kier alpha value is -1.44. The molecule has 0 aliphatic carbocycles. The van der Waals surface area contributed by atoms with Gasteiger partial charge in [-0.2, -0.15) is 0 Å². The van der Waals surface area contributed by atoms with E-state index in [0.717, 1.165) is 25.9 Å². The SMILES string of the molecule is COC(=O)c1cccc(S(=O)(=O)NC2CCN(C)CC2)c1. The molecule has 0 spiro atoms. The first-order valence-corrected chi connectivity index (χ1v) is 8.30. The average Bonchev–Trinajstić information content (AvgIpc) is 2.49. The van der Waals surface area contributed by atoms with Crippen LogP contribution < -0.4 is 4.72 Å². The second-order valence-corrected chi connectivity index (χ2v) is 6.93. The quantitative estimate of drug-likeness (QED) is 0.834. The minimum atomic E-state index is -3.62. The predicted octanol–water partition coefficient (Wildman–Crippen LogP) is 0.846. The third-order valence-electron chi connectivity index (χ3n) is 3.61. The van der Waals surface area contributed by atoms with E-state index in [2.05, 4.69) is 14.4 Å². The van der Waals surface area contributed by atoms with Crippen LogP contribution in [0.5, 0.6) is 0 Å². The van der Waals surface area contributed by atoms with Gasteiger partial charge in [-0.05, 0) is 51.2 Å². The van der Waals surface area contributed by atoms with Crippen LogP contribution in [0.2, 0.25) is 0 Å². The fourth-order valence-corrected chi connectivity index (χ4v) is 3.67. The van der Waals surface area contributed by atoms with E-state index in [-0.39, 0.29) is 16.5 Å². The summed E-state index contributed by atoms with van der Waals surface area (Å²) in [4.78, 5) is 13.7. The highest BCUT2D eigenvalue weighted by Gasteiger charge is 2.24. The molecule has 6 nitrogen and oxygen atoms in total. The molecule has 0 aromatic heterocycles. The molecular formula is C14H20N2O4S. The van der Waals surface area contributed by atoms with Crippen LogP contribution in [0.15, 0.2) is 29.2 Å². The van der Waals surface area contributed by atoms with Gasteiger partial charge < -0.3 is 9.64 Å². The van der Waals surface area contributed by atoms with Crippen LogP contribution in [0.4, 0.5) is 0 Å². The van der Waals surface area contributed by atoms with Crippen molar-refractivity contribution in [2.45, 2.75) is 23.8 Å². The number of benzene rings is 1. The number of esters is 1. The first-order chi connectivity index (χ1) is 9.92. The molecule has 1 aliphatic rings. The van der Waals surface area contributed by atoms with Crippen molar-refractivity contribution in [1.82, 2.24) is 9.62 Å². The third-order valence-corrected chi connectivity index (χ3v) is 5.12. The van der Waals surface area contributed by atoms with E-state index in [0.29, 0.717) is 0 Å². The summed E-state index contributed by atoms with van der Waals surface area (Å²) in [6, 6.07) is 5.82. The maximum Gasteiger partial charge on any atom is 0.337 e. The predicted molar refractivity (Wildman–Crippen MR) is 78.6 cm³/mol. The Balaban J connectivity index is 2.14. The van der Waals surface area contributed by atoms with E-state index in [1.807, 2.05) is 7.05 Å². The summed E-state index contributed by atoms with van der Waals surface area (Å²) in [7, 11) is -0.335. The van der Waals surface area contributed by atoms with Gasteiger partial charge in [-0.25, -0.2) is 17.9 Å². The number of methoxy groups -OCH3 is 1. The lowest BCUT2D eigenvalue weighted by atomic mass is 10.1. The largest absolute Gasteiger partial charge is 0.465 e. The molecule has 0 saturated carbocycles. The monoisotopic (exact) mass is 312 g/mol. The van der Waals surface area contributed by atoms with Crippen molar-refractivity contribution in [3.8, 4) is 0 Å². The third kappa shape index (κ3) is 4.03. The van der Waals surface area contributed by atoms with Crippen molar-refractivity contribution in [2.75, 3.05) is 27.2 Å². The van der Waals surface area contributed by atoms with Crippen LogP contribution >= 0.6 is 0 Å². The lowest BCUT2D eigenvalue weighted by Crippen LogP contribution is -2.43. The smallest absolute Gasteiger partial charge is 0.337 e. The maximum atomic E-state index is 12.4. The number of hydrogen-bond acceptors (Lipinski definition) is 5. The number of carbonyl (C=O) groups excluding carboxylic acids is 1. The van der Waals surface area contributed by atoms with Gasteiger partial charge in [0.15, 0.2) is 0 Å². The van der Waals surface area contributed by atoms with Gasteiger partial charge in [0, 0.05) is 6.04 Å². The Labute approximate surface area is 125 Å². The minimum absolute atomic E-state index is 0.0621. The van der Waals surface area contributed by atoms with E-state index in [4.69, 9.17) is 0 Å². The second kappa shape index (κ2) is 6.55. The summed E-state index contributed by atoms with van der Waals surface area (Å²) in [5, 5.41) is 0. The second-order valence-electron chi connectivity index (χ2n) is 5.22. The molecule has 1 aromatic rings. The highest BCUT2D eigenvalue weighted by Crippen LogP contribution is 2.16. The summed E-state index contributed by atoms with van der Waals surface area (Å²) in [6.07, 6.45) is 1.57. The standard InChI is InChI=1S/C14H20N2O4S/c1-16-8-6-12(7-9-16)15-21(18,19)13-5-3-4-11(10-13)14(17)20-2/h3-5,10,12,15H,6-9H2,1-2H3. The van der Waals surface area contributed by atoms with Gasteiger partial charge in [-0.1, -0.05) is 6.07 Å². The zero-order chi connectivity index (χ0) is 15.5. The van der Waals surface area contributed by atoms with E-state index in [1.54, 1.807) is 0 Å². The molecule has 1 aliphatic heterocycles. The molecule has 0 bridgehead atoms. The van der Waals surface area contributed by atoms with Crippen molar-refractivity contribution in [3.63, 3.8) is 0 Å². The van der Waals surface area contributed by atoms with Gasteiger partial charge in [0.25, 0.3) is 0 Å². The molecule has 21 heavy (non-hydrogen) atoms. The van der Waals surface area contributed by atoms with Gasteiger partial charge in [0.05, 0.1) is 17.6 Å². The molecule has 0 atom stereocenters. The number of piperidine rings is 1. The number of carbonyl (C=O) groups is 1. The Morgan fingerprint density at radius 2 is 2.00 bits per heavy atom. The van der Waals surface area contributed by atoms with Crippen molar-refractivity contribution in [3.05, 3.63) is 29.8 Å². The number of ether oxygens (including phenoxy) is 1. The Morgan fingerprint density at radius 1 is 1.33 bits per heavy atom. The van der Waals surface area contributed by atoms with Crippen LogP contribution in [0.3, 0.4) is 0 Å². The lowest BCUT2D eigenvalue weighted by Gasteiger charge is -2.29. The van der Waals surface area contributed by atoms with E-state index >= 15 is 0 Å². The van der Waals surface area contributed by atoms with Crippen molar-refractivity contribution >= 4 is 16.0 Å². The number of sulfonamides is 1. The Morgan fingerprint density at radius 3 is 2.62 bits per heavy atom. The Bertz CT molecular complexity index is 607. The van der Waals surface area contributed by atoms with E-state index < -0.39 is 16.0 Å². The molecule has 1 saturated heterocycles. The number of nitrogens with zero attached hydrogens (tertiary/aromatic N) is 1. The van der Waals surface area contributed by atoms with Crippen LogP contribution in [0, 0.1) is 0 Å².